The average Bonchev–Trinajstić information content (AvgIpc) is 2.42. The fraction of sp³-hybridized carbons (Fsp3) is 0. The number of anilines is 1. The van der Waals surface area contributed by atoms with E-state index >= 15 is 0 Å². The number of hydrogen-bond acceptors (Lipinski definition) is 5. The highest BCUT2D eigenvalue weighted by Crippen LogP contribution is 2.28. The highest BCUT2D eigenvalue weighted by atomic mass is 35.5. The predicted octanol–water partition coefficient (Wildman–Crippen LogP) is 3.60. The summed E-state index contributed by atoms with van der Waals surface area (Å²) < 4.78 is 0. The lowest BCUT2D eigenvalue weighted by molar-refractivity contribution is -0.384. The fourth-order valence-corrected chi connectivity index (χ4v) is 2.10. The highest BCUT2D eigenvalue weighted by Gasteiger charge is 2.18. The molecular formula is C11H5Cl3N4O3. The molecule has 7 nitrogen and oxygen atoms in total. The molecule has 0 aliphatic carbocycles. The molecule has 2 aromatic rings. The van der Waals surface area contributed by atoms with E-state index in [9.17, 15) is 14.9 Å². The molecule has 1 N–H and O–H groups in total. The molecule has 1 amide bonds. The Hall–Kier alpha value is -1.96. The van der Waals surface area contributed by atoms with Gasteiger partial charge in [0.05, 0.1) is 15.5 Å². The van der Waals surface area contributed by atoms with E-state index in [1.807, 2.05) is 0 Å². The summed E-state index contributed by atoms with van der Waals surface area (Å²) in [5.41, 5.74) is -0.172. The molecule has 1 aromatic carbocycles. The van der Waals surface area contributed by atoms with Crippen LogP contribution in [0.1, 0.15) is 10.4 Å². The quantitative estimate of drug-likeness (QED) is 0.519. The lowest BCUT2D eigenvalue weighted by atomic mass is 10.2. The summed E-state index contributed by atoms with van der Waals surface area (Å²) in [7, 11) is 0. The molecule has 0 aliphatic heterocycles. The number of nitro groups is 1. The number of halogens is 3. The number of aromatic nitrogens is 2. The van der Waals surface area contributed by atoms with Crippen LogP contribution in [-0.4, -0.2) is 20.8 Å². The third-order valence-corrected chi connectivity index (χ3v) is 3.29. The van der Waals surface area contributed by atoms with Crippen molar-refractivity contribution in [3.8, 4) is 0 Å². The molecule has 21 heavy (non-hydrogen) atoms. The zero-order chi connectivity index (χ0) is 15.6. The Morgan fingerprint density at radius 3 is 2.33 bits per heavy atom. The van der Waals surface area contributed by atoms with Crippen molar-refractivity contribution in [2.24, 2.45) is 0 Å². The highest BCUT2D eigenvalue weighted by molar-refractivity contribution is 6.39. The number of hydrogen-bond donors (Lipinski definition) is 1. The predicted molar refractivity (Wildman–Crippen MR) is 78.1 cm³/mol. The van der Waals surface area contributed by atoms with E-state index in [0.29, 0.717) is 0 Å². The van der Waals surface area contributed by atoms with Crippen LogP contribution in [0.2, 0.25) is 15.3 Å². The molecule has 0 aliphatic rings. The third-order valence-electron chi connectivity index (χ3n) is 2.40. The van der Waals surface area contributed by atoms with Gasteiger partial charge in [0.1, 0.15) is 12.0 Å². The first-order valence-corrected chi connectivity index (χ1v) is 6.45. The molecule has 0 atom stereocenters. The molecule has 0 spiro atoms. The number of nitrogens with zero attached hydrogens (tertiary/aromatic N) is 3. The van der Waals surface area contributed by atoms with Gasteiger partial charge in [0, 0.05) is 12.1 Å². The maximum absolute atomic E-state index is 12.1. The molecule has 10 heteroatoms. The van der Waals surface area contributed by atoms with E-state index < -0.39 is 10.8 Å². The summed E-state index contributed by atoms with van der Waals surface area (Å²) in [6.45, 7) is 0. The molecule has 0 bridgehead atoms. The summed E-state index contributed by atoms with van der Waals surface area (Å²) in [5.74, 6) is -0.645. The first-order chi connectivity index (χ1) is 9.90. The minimum absolute atomic E-state index is 0.0262. The van der Waals surface area contributed by atoms with Crippen molar-refractivity contribution >= 4 is 52.1 Å². The first-order valence-electron chi connectivity index (χ1n) is 5.31. The number of amides is 1. The molecule has 0 fully saturated rings. The number of carbonyl (C=O) groups is 1. The first kappa shape index (κ1) is 15.4. The number of benzene rings is 1. The zero-order valence-corrected chi connectivity index (χ0v) is 12.3. The van der Waals surface area contributed by atoms with Gasteiger partial charge in [-0.2, -0.15) is 0 Å². The molecule has 0 saturated heterocycles. The van der Waals surface area contributed by atoms with Crippen LogP contribution in [0.3, 0.4) is 0 Å². The van der Waals surface area contributed by atoms with Crippen molar-refractivity contribution in [1.29, 1.82) is 0 Å². The van der Waals surface area contributed by atoms with Crippen molar-refractivity contribution in [3.05, 3.63) is 55.5 Å². The minimum Gasteiger partial charge on any atom is -0.317 e. The van der Waals surface area contributed by atoms with E-state index in [2.05, 4.69) is 15.3 Å². The van der Waals surface area contributed by atoms with Crippen LogP contribution in [0.5, 0.6) is 0 Å². The monoisotopic (exact) mass is 346 g/mol. The van der Waals surface area contributed by atoms with Crippen LogP contribution in [0, 0.1) is 10.1 Å². The standard InChI is InChI=1S/C11H5Cl3N4O3/c12-7-3-5(18(20)21)1-2-6(7)11(19)17-8-9(13)15-4-16-10(8)14/h1-4H,(H,17,19). The van der Waals surface area contributed by atoms with Crippen LogP contribution in [0.25, 0.3) is 0 Å². The van der Waals surface area contributed by atoms with Gasteiger partial charge >= 0.3 is 0 Å². The second-order valence-electron chi connectivity index (χ2n) is 3.71. The van der Waals surface area contributed by atoms with Crippen LogP contribution in [0.15, 0.2) is 24.5 Å². The summed E-state index contributed by atoms with van der Waals surface area (Å²) in [5, 5.41) is 12.9. The number of carbonyl (C=O) groups excluding carboxylic acids is 1. The van der Waals surface area contributed by atoms with Crippen molar-refractivity contribution in [1.82, 2.24) is 9.97 Å². The van der Waals surface area contributed by atoms with E-state index in [4.69, 9.17) is 34.8 Å². The number of nitro benzene ring substituents is 1. The largest absolute Gasteiger partial charge is 0.317 e. The molecular weight excluding hydrogens is 343 g/mol. The second kappa shape index (κ2) is 6.21. The molecule has 1 aromatic heterocycles. The Bertz CT molecular complexity index is 718. The van der Waals surface area contributed by atoms with E-state index in [-0.39, 0.29) is 32.3 Å². The molecule has 0 radical (unpaired) electrons. The number of non-ortho nitro benzene ring substituents is 1. The maximum Gasteiger partial charge on any atom is 0.270 e. The number of rotatable bonds is 3. The Morgan fingerprint density at radius 1 is 1.19 bits per heavy atom. The van der Waals surface area contributed by atoms with Gasteiger partial charge in [-0.05, 0) is 6.07 Å². The van der Waals surface area contributed by atoms with Gasteiger partial charge in [0.2, 0.25) is 0 Å². The summed E-state index contributed by atoms with van der Waals surface area (Å²) in [6, 6.07) is 3.45. The molecule has 108 valence electrons. The zero-order valence-electron chi connectivity index (χ0n) is 10.0. The maximum atomic E-state index is 12.1. The van der Waals surface area contributed by atoms with Crippen molar-refractivity contribution in [2.45, 2.75) is 0 Å². The van der Waals surface area contributed by atoms with Gasteiger partial charge < -0.3 is 5.32 Å². The molecule has 1 heterocycles. The lowest BCUT2D eigenvalue weighted by Crippen LogP contribution is -2.14. The van der Waals surface area contributed by atoms with Gasteiger partial charge in [-0.25, -0.2) is 9.97 Å². The Kier molecular flexibility index (Phi) is 4.56. The summed E-state index contributed by atoms with van der Waals surface area (Å²) in [4.78, 5) is 29.4. The van der Waals surface area contributed by atoms with Gasteiger partial charge in [-0.1, -0.05) is 34.8 Å². The van der Waals surface area contributed by atoms with Crippen molar-refractivity contribution in [2.75, 3.05) is 5.32 Å². The van der Waals surface area contributed by atoms with Gasteiger partial charge in [0.25, 0.3) is 11.6 Å². The normalized spacial score (nSPS) is 10.2. The van der Waals surface area contributed by atoms with Crippen LogP contribution in [-0.2, 0) is 0 Å². The lowest BCUT2D eigenvalue weighted by Gasteiger charge is -2.08. The third kappa shape index (κ3) is 3.38. The average molecular weight is 348 g/mol. The molecule has 2 rings (SSSR count). The topological polar surface area (TPSA) is 98.0 Å². The summed E-state index contributed by atoms with van der Waals surface area (Å²) >= 11 is 17.4. The van der Waals surface area contributed by atoms with Gasteiger partial charge in [-0.15, -0.1) is 0 Å². The van der Waals surface area contributed by atoms with Crippen molar-refractivity contribution in [3.63, 3.8) is 0 Å². The van der Waals surface area contributed by atoms with Crippen LogP contribution >= 0.6 is 34.8 Å². The number of nitrogens with one attached hydrogen (secondary N) is 1. The molecule has 0 unspecified atom stereocenters. The van der Waals surface area contributed by atoms with Crippen LogP contribution in [0.4, 0.5) is 11.4 Å². The van der Waals surface area contributed by atoms with E-state index in [0.717, 1.165) is 18.5 Å². The van der Waals surface area contributed by atoms with E-state index in [1.165, 1.54) is 6.07 Å². The van der Waals surface area contributed by atoms with Gasteiger partial charge in [0.15, 0.2) is 10.3 Å². The second-order valence-corrected chi connectivity index (χ2v) is 4.83. The Balaban J connectivity index is 2.31. The Labute approximate surface area is 133 Å². The van der Waals surface area contributed by atoms with E-state index in [1.54, 1.807) is 0 Å². The smallest absolute Gasteiger partial charge is 0.270 e. The fourth-order valence-electron chi connectivity index (χ4n) is 1.43. The minimum atomic E-state index is -0.645. The van der Waals surface area contributed by atoms with Crippen molar-refractivity contribution < 1.29 is 9.72 Å². The SMILES string of the molecule is O=C(Nc1c(Cl)ncnc1Cl)c1ccc([N+](=O)[O-])cc1Cl. The van der Waals surface area contributed by atoms with Gasteiger partial charge in [-0.3, -0.25) is 14.9 Å². The summed E-state index contributed by atoms with van der Waals surface area (Å²) in [6.07, 6.45) is 1.14. The molecule has 0 saturated carbocycles. The Morgan fingerprint density at radius 2 is 1.81 bits per heavy atom. The van der Waals surface area contributed by atoms with Crippen LogP contribution < -0.4 is 5.32 Å².